The molecule has 0 spiro atoms. The normalized spacial score (nSPS) is 12.4. The van der Waals surface area contributed by atoms with Crippen LogP contribution in [-0.4, -0.2) is 33.2 Å². The number of aryl methyl sites for hydroxylation is 1. The second-order valence-corrected chi connectivity index (χ2v) is 8.39. The van der Waals surface area contributed by atoms with Crippen LogP contribution in [0.4, 0.5) is 5.69 Å². The van der Waals surface area contributed by atoms with Crippen molar-refractivity contribution >= 4 is 33.2 Å². The fraction of sp³-hybridized carbons (Fsp3) is 0.316. The number of sulfonamides is 1. The van der Waals surface area contributed by atoms with Gasteiger partial charge in [0, 0.05) is 11.6 Å². The maximum Gasteiger partial charge on any atom is 0.243 e. The minimum absolute atomic E-state index is 0.335. The van der Waals surface area contributed by atoms with Gasteiger partial charge in [0.2, 0.25) is 15.9 Å². The van der Waals surface area contributed by atoms with Gasteiger partial charge in [-0.2, -0.15) is 0 Å². The number of hydrogen-bond acceptors (Lipinski definition) is 3. The number of hydrogen-bond donors (Lipinski definition) is 1. The molecule has 1 amide bonds. The van der Waals surface area contributed by atoms with Gasteiger partial charge in [0.15, 0.2) is 0 Å². The van der Waals surface area contributed by atoms with Crippen molar-refractivity contribution in [2.24, 2.45) is 0 Å². The van der Waals surface area contributed by atoms with Gasteiger partial charge in [-0.3, -0.25) is 9.10 Å². The summed E-state index contributed by atoms with van der Waals surface area (Å²) in [5, 5.41) is 3.32. The minimum Gasteiger partial charge on any atom is -0.354 e. The minimum atomic E-state index is -3.62. The fourth-order valence-corrected chi connectivity index (χ4v) is 3.99. The molecule has 5 nitrogen and oxygen atoms in total. The first-order valence-electron chi connectivity index (χ1n) is 8.35. The van der Waals surface area contributed by atoms with Gasteiger partial charge in [-0.1, -0.05) is 41.9 Å². The average Bonchev–Trinajstić information content (AvgIpc) is 2.60. The zero-order valence-electron chi connectivity index (χ0n) is 14.9. The van der Waals surface area contributed by atoms with Crippen LogP contribution in [0.1, 0.15) is 18.9 Å². The summed E-state index contributed by atoms with van der Waals surface area (Å²) in [6, 6.07) is 15.5. The van der Waals surface area contributed by atoms with Gasteiger partial charge in [-0.05, 0) is 49.6 Å². The van der Waals surface area contributed by atoms with E-state index < -0.39 is 16.1 Å². The van der Waals surface area contributed by atoms with Gasteiger partial charge < -0.3 is 5.32 Å². The lowest BCUT2D eigenvalue weighted by Gasteiger charge is -2.28. The molecule has 0 aliphatic carbocycles. The topological polar surface area (TPSA) is 66.5 Å². The summed E-state index contributed by atoms with van der Waals surface area (Å²) in [7, 11) is -3.62. The Kier molecular flexibility index (Phi) is 7.06. The van der Waals surface area contributed by atoms with Crippen molar-refractivity contribution in [1.29, 1.82) is 0 Å². The van der Waals surface area contributed by atoms with Crippen LogP contribution in [0.3, 0.4) is 0 Å². The molecule has 0 heterocycles. The predicted octanol–water partition coefficient (Wildman–Crippen LogP) is 3.24. The first-order valence-corrected chi connectivity index (χ1v) is 10.6. The Labute approximate surface area is 160 Å². The summed E-state index contributed by atoms with van der Waals surface area (Å²) < 4.78 is 25.5. The third-order valence-electron chi connectivity index (χ3n) is 3.95. The molecule has 0 saturated heterocycles. The lowest BCUT2D eigenvalue weighted by molar-refractivity contribution is -0.121. The Morgan fingerprint density at radius 1 is 1.12 bits per heavy atom. The standard InChI is InChI=1S/C19H23ClN2O3S/c1-15(19(23)21-14-6-9-16-7-4-3-5-8-16)22(26(2,24)25)18-12-10-17(20)11-13-18/h3-5,7-8,10-13,15H,6,9,14H2,1-2H3,(H,21,23). The molecule has 2 aromatic rings. The summed E-state index contributed by atoms with van der Waals surface area (Å²) in [5.41, 5.74) is 1.61. The number of amides is 1. The van der Waals surface area contributed by atoms with Crippen molar-refractivity contribution in [2.45, 2.75) is 25.8 Å². The zero-order chi connectivity index (χ0) is 19.2. The number of rotatable bonds is 8. The third kappa shape index (κ3) is 5.75. The molecule has 0 saturated carbocycles. The molecule has 0 aliphatic rings. The third-order valence-corrected chi connectivity index (χ3v) is 5.45. The largest absolute Gasteiger partial charge is 0.354 e. The number of anilines is 1. The molecule has 0 radical (unpaired) electrons. The summed E-state index contributed by atoms with van der Waals surface area (Å²) in [6.07, 6.45) is 2.71. The number of nitrogens with one attached hydrogen (secondary N) is 1. The highest BCUT2D eigenvalue weighted by atomic mass is 35.5. The molecule has 1 unspecified atom stereocenters. The lowest BCUT2D eigenvalue weighted by atomic mass is 10.1. The quantitative estimate of drug-likeness (QED) is 0.699. The smallest absolute Gasteiger partial charge is 0.243 e. The number of carbonyl (C=O) groups excluding carboxylic acids is 1. The molecular weight excluding hydrogens is 372 g/mol. The molecule has 1 N–H and O–H groups in total. The molecule has 0 bridgehead atoms. The van der Waals surface area contributed by atoms with E-state index in [4.69, 9.17) is 11.6 Å². The fourth-order valence-electron chi connectivity index (χ4n) is 2.69. The molecule has 2 rings (SSSR count). The summed E-state index contributed by atoms with van der Waals surface area (Å²) in [5.74, 6) is -0.335. The van der Waals surface area contributed by atoms with Crippen molar-refractivity contribution in [3.63, 3.8) is 0 Å². The molecule has 0 fully saturated rings. The van der Waals surface area contributed by atoms with Crippen LogP contribution in [0, 0.1) is 0 Å². The van der Waals surface area contributed by atoms with Crippen molar-refractivity contribution in [3.05, 3.63) is 65.2 Å². The predicted molar refractivity (Wildman–Crippen MR) is 106 cm³/mol. The second-order valence-electron chi connectivity index (χ2n) is 6.09. The molecular formula is C19H23ClN2O3S. The van der Waals surface area contributed by atoms with Crippen LogP contribution in [0.5, 0.6) is 0 Å². The average molecular weight is 395 g/mol. The van der Waals surface area contributed by atoms with Crippen molar-refractivity contribution in [2.75, 3.05) is 17.1 Å². The van der Waals surface area contributed by atoms with Gasteiger partial charge in [-0.25, -0.2) is 8.42 Å². The molecule has 1 atom stereocenters. The van der Waals surface area contributed by atoms with Crippen LogP contribution < -0.4 is 9.62 Å². The molecule has 2 aromatic carbocycles. The van der Waals surface area contributed by atoms with E-state index in [1.54, 1.807) is 31.2 Å². The Hall–Kier alpha value is -2.05. The van der Waals surface area contributed by atoms with Crippen molar-refractivity contribution < 1.29 is 13.2 Å². The van der Waals surface area contributed by atoms with E-state index in [-0.39, 0.29) is 5.91 Å². The maximum atomic E-state index is 12.4. The summed E-state index contributed by atoms with van der Waals surface area (Å²) in [4.78, 5) is 12.4. The van der Waals surface area contributed by atoms with Gasteiger partial charge in [0.1, 0.15) is 6.04 Å². The molecule has 0 aliphatic heterocycles. The number of benzene rings is 2. The van der Waals surface area contributed by atoms with Gasteiger partial charge in [-0.15, -0.1) is 0 Å². The van der Waals surface area contributed by atoms with E-state index >= 15 is 0 Å². The summed E-state index contributed by atoms with van der Waals surface area (Å²) >= 11 is 5.86. The molecule has 7 heteroatoms. The van der Waals surface area contributed by atoms with E-state index in [0.717, 1.165) is 23.4 Å². The lowest BCUT2D eigenvalue weighted by Crippen LogP contribution is -2.48. The van der Waals surface area contributed by atoms with Crippen LogP contribution in [0.15, 0.2) is 54.6 Å². The number of carbonyl (C=O) groups is 1. The highest BCUT2D eigenvalue weighted by Crippen LogP contribution is 2.23. The first kappa shape index (κ1) is 20.3. The number of halogens is 1. The van der Waals surface area contributed by atoms with E-state index in [0.29, 0.717) is 17.3 Å². The molecule has 140 valence electrons. The Morgan fingerprint density at radius 2 is 1.73 bits per heavy atom. The highest BCUT2D eigenvalue weighted by Gasteiger charge is 2.28. The SMILES string of the molecule is CC(C(=O)NCCCc1ccccc1)N(c1ccc(Cl)cc1)S(C)(=O)=O. The van der Waals surface area contributed by atoms with Crippen molar-refractivity contribution in [3.8, 4) is 0 Å². The van der Waals surface area contributed by atoms with Crippen LogP contribution in [0.2, 0.25) is 5.02 Å². The van der Waals surface area contributed by atoms with E-state index in [9.17, 15) is 13.2 Å². The first-order chi connectivity index (χ1) is 12.3. The van der Waals surface area contributed by atoms with Crippen LogP contribution in [-0.2, 0) is 21.2 Å². The Bertz CT molecular complexity index is 824. The highest BCUT2D eigenvalue weighted by molar-refractivity contribution is 7.92. The van der Waals surface area contributed by atoms with E-state index in [1.807, 2.05) is 30.3 Å². The van der Waals surface area contributed by atoms with Gasteiger partial charge in [0.25, 0.3) is 0 Å². The Morgan fingerprint density at radius 3 is 2.31 bits per heavy atom. The summed E-state index contributed by atoms with van der Waals surface area (Å²) in [6.45, 7) is 2.05. The van der Waals surface area contributed by atoms with Gasteiger partial charge >= 0.3 is 0 Å². The van der Waals surface area contributed by atoms with Crippen LogP contribution >= 0.6 is 11.6 Å². The number of nitrogens with zero attached hydrogens (tertiary/aromatic N) is 1. The Balaban J connectivity index is 1.98. The van der Waals surface area contributed by atoms with E-state index in [2.05, 4.69) is 5.32 Å². The van der Waals surface area contributed by atoms with Gasteiger partial charge in [0.05, 0.1) is 11.9 Å². The second kappa shape index (κ2) is 9.05. The monoisotopic (exact) mass is 394 g/mol. The maximum absolute atomic E-state index is 12.4. The van der Waals surface area contributed by atoms with Crippen molar-refractivity contribution in [1.82, 2.24) is 5.32 Å². The zero-order valence-corrected chi connectivity index (χ0v) is 16.4. The van der Waals surface area contributed by atoms with E-state index in [1.165, 1.54) is 5.56 Å². The van der Waals surface area contributed by atoms with Crippen LogP contribution in [0.25, 0.3) is 0 Å². The molecule has 26 heavy (non-hydrogen) atoms. The molecule has 0 aromatic heterocycles.